The van der Waals surface area contributed by atoms with Crippen LogP contribution in [0, 0.1) is 5.92 Å². The molecule has 1 aromatic heterocycles. The Bertz CT molecular complexity index is 525. The summed E-state index contributed by atoms with van der Waals surface area (Å²) in [7, 11) is 1.09. The lowest BCUT2D eigenvalue weighted by atomic mass is 10.2. The van der Waals surface area contributed by atoms with E-state index in [9.17, 15) is 8.42 Å². The first-order valence-corrected chi connectivity index (χ1v) is 9.04. The second-order valence-electron chi connectivity index (χ2n) is 5.46. The number of nitrogens with zero attached hydrogens (tertiary/aromatic N) is 3. The van der Waals surface area contributed by atoms with Crippen molar-refractivity contribution >= 4 is 26.3 Å². The Labute approximate surface area is 119 Å². The Morgan fingerprint density at radius 1 is 1.53 bits per heavy atom. The molecule has 0 aliphatic carbocycles. The van der Waals surface area contributed by atoms with E-state index in [2.05, 4.69) is 9.88 Å². The van der Waals surface area contributed by atoms with Crippen LogP contribution < -0.4 is 4.90 Å². The first-order chi connectivity index (χ1) is 8.85. The van der Waals surface area contributed by atoms with Crippen molar-refractivity contribution in [3.05, 3.63) is 11.1 Å². The average molecular weight is 303 g/mol. The zero-order chi connectivity index (χ0) is 14.0. The lowest BCUT2D eigenvalue weighted by Crippen LogP contribution is -2.28. The molecule has 0 saturated carbocycles. The molecule has 1 fully saturated rings. The van der Waals surface area contributed by atoms with Crippen molar-refractivity contribution in [3.63, 3.8) is 0 Å². The summed E-state index contributed by atoms with van der Waals surface area (Å²) < 4.78 is 23.5. The van der Waals surface area contributed by atoms with E-state index in [0.29, 0.717) is 12.3 Å². The first-order valence-electron chi connectivity index (χ1n) is 6.40. The van der Waals surface area contributed by atoms with Crippen molar-refractivity contribution in [1.29, 1.82) is 0 Å². The molecular formula is C12H21N3O2S2. The third-order valence-electron chi connectivity index (χ3n) is 3.13. The van der Waals surface area contributed by atoms with Crippen LogP contribution in [0.5, 0.6) is 0 Å². The van der Waals surface area contributed by atoms with Crippen LogP contribution in [0.15, 0.2) is 6.20 Å². The van der Waals surface area contributed by atoms with Crippen LogP contribution in [-0.2, 0) is 16.4 Å². The average Bonchev–Trinajstić information content (AvgIpc) is 2.68. The number of sulfone groups is 1. The van der Waals surface area contributed by atoms with Gasteiger partial charge in [-0.2, -0.15) is 0 Å². The largest absolute Gasteiger partial charge is 0.354 e. The summed E-state index contributed by atoms with van der Waals surface area (Å²) in [5.41, 5.74) is 0. The summed E-state index contributed by atoms with van der Waals surface area (Å²) in [6.07, 6.45) is 1.89. The maximum atomic E-state index is 11.7. The van der Waals surface area contributed by atoms with Gasteiger partial charge in [-0.15, -0.1) is 11.3 Å². The normalized spacial score (nSPS) is 24.1. The van der Waals surface area contributed by atoms with Crippen molar-refractivity contribution in [2.75, 3.05) is 43.6 Å². The van der Waals surface area contributed by atoms with Gasteiger partial charge in [-0.3, -0.25) is 4.90 Å². The van der Waals surface area contributed by atoms with Gasteiger partial charge in [0.2, 0.25) is 0 Å². The second-order valence-corrected chi connectivity index (χ2v) is 8.78. The summed E-state index contributed by atoms with van der Waals surface area (Å²) in [6.45, 7) is 4.27. The van der Waals surface area contributed by atoms with Gasteiger partial charge in [0.25, 0.3) is 0 Å². The van der Waals surface area contributed by atoms with Crippen LogP contribution in [0.25, 0.3) is 0 Å². The molecule has 7 heteroatoms. The number of rotatable bonds is 3. The quantitative estimate of drug-likeness (QED) is 0.836. The monoisotopic (exact) mass is 303 g/mol. The number of aromatic nitrogens is 1. The molecule has 1 aliphatic heterocycles. The van der Waals surface area contributed by atoms with Crippen molar-refractivity contribution in [3.8, 4) is 0 Å². The number of thiazole rings is 1. The number of hydrogen-bond donors (Lipinski definition) is 0. The van der Waals surface area contributed by atoms with Crippen LogP contribution in [0.3, 0.4) is 0 Å². The molecule has 0 spiro atoms. The molecule has 2 heterocycles. The smallest absolute Gasteiger partial charge is 0.185 e. The van der Waals surface area contributed by atoms with E-state index >= 15 is 0 Å². The number of hydrogen-bond acceptors (Lipinski definition) is 6. The van der Waals surface area contributed by atoms with Crippen molar-refractivity contribution < 1.29 is 8.42 Å². The molecule has 1 unspecified atom stereocenters. The fraction of sp³-hybridized carbons (Fsp3) is 0.750. The molecule has 0 aromatic carbocycles. The maximum Gasteiger partial charge on any atom is 0.185 e. The fourth-order valence-electron chi connectivity index (χ4n) is 2.31. The van der Waals surface area contributed by atoms with E-state index < -0.39 is 9.84 Å². The highest BCUT2D eigenvalue weighted by molar-refractivity contribution is 7.91. The topological polar surface area (TPSA) is 53.5 Å². The van der Waals surface area contributed by atoms with Gasteiger partial charge in [-0.1, -0.05) is 6.92 Å². The van der Waals surface area contributed by atoms with Gasteiger partial charge in [0.1, 0.15) is 0 Å². The number of anilines is 1. The summed E-state index contributed by atoms with van der Waals surface area (Å²) in [4.78, 5) is 9.76. The third kappa shape index (κ3) is 4.15. The van der Waals surface area contributed by atoms with Crippen molar-refractivity contribution in [1.82, 2.24) is 9.88 Å². The highest BCUT2D eigenvalue weighted by Crippen LogP contribution is 2.23. The molecule has 1 atom stereocenters. The van der Waals surface area contributed by atoms with E-state index in [1.54, 1.807) is 11.3 Å². The molecule has 0 radical (unpaired) electrons. The van der Waals surface area contributed by atoms with Crippen LogP contribution in [0.1, 0.15) is 11.8 Å². The zero-order valence-electron chi connectivity index (χ0n) is 11.7. The van der Waals surface area contributed by atoms with E-state index in [-0.39, 0.29) is 11.7 Å². The second kappa shape index (κ2) is 5.76. The molecule has 1 aromatic rings. The van der Waals surface area contributed by atoms with Crippen LogP contribution in [0.4, 0.5) is 5.13 Å². The Morgan fingerprint density at radius 2 is 2.26 bits per heavy atom. The summed E-state index contributed by atoms with van der Waals surface area (Å²) in [5.74, 6) is 0.792. The Balaban J connectivity index is 2.02. The minimum absolute atomic E-state index is 0.203. The predicted octanol–water partition coefficient (Wildman–Crippen LogP) is 1.08. The molecule has 108 valence electrons. The highest BCUT2D eigenvalue weighted by Gasteiger charge is 2.24. The standard InChI is InChI=1S/C12H21N3O2S2/c1-10-7-15(4-5-19(16,17)9-10)8-11-6-13-12(18-11)14(2)3/h6,10H,4-5,7-9H2,1-3H3. The first kappa shape index (κ1) is 14.7. The molecule has 1 saturated heterocycles. The van der Waals surface area contributed by atoms with Gasteiger partial charge in [-0.05, 0) is 5.92 Å². The van der Waals surface area contributed by atoms with E-state index in [1.165, 1.54) is 4.88 Å². The summed E-state index contributed by atoms with van der Waals surface area (Å²) in [6, 6.07) is 0. The lowest BCUT2D eigenvalue weighted by Gasteiger charge is -2.20. The molecule has 2 rings (SSSR count). The predicted molar refractivity (Wildman–Crippen MR) is 79.5 cm³/mol. The molecule has 0 N–H and O–H groups in total. The van der Waals surface area contributed by atoms with Gasteiger partial charge in [0.05, 0.1) is 11.5 Å². The molecule has 19 heavy (non-hydrogen) atoms. The Morgan fingerprint density at radius 3 is 2.89 bits per heavy atom. The maximum absolute atomic E-state index is 11.7. The van der Waals surface area contributed by atoms with Crippen LogP contribution in [-0.4, -0.2) is 57.0 Å². The van der Waals surface area contributed by atoms with Crippen LogP contribution in [0.2, 0.25) is 0 Å². The van der Waals surface area contributed by atoms with E-state index in [0.717, 1.165) is 18.2 Å². The Hall–Kier alpha value is -0.660. The molecular weight excluding hydrogens is 282 g/mol. The molecule has 5 nitrogen and oxygen atoms in total. The molecule has 0 amide bonds. The van der Waals surface area contributed by atoms with Crippen LogP contribution >= 0.6 is 11.3 Å². The van der Waals surface area contributed by atoms with Gasteiger partial charge in [0, 0.05) is 44.8 Å². The molecule has 0 bridgehead atoms. The van der Waals surface area contributed by atoms with Crippen molar-refractivity contribution in [2.24, 2.45) is 5.92 Å². The summed E-state index contributed by atoms with van der Waals surface area (Å²) in [5, 5.41) is 0.991. The zero-order valence-corrected chi connectivity index (χ0v) is 13.3. The van der Waals surface area contributed by atoms with E-state index in [1.807, 2.05) is 32.1 Å². The highest BCUT2D eigenvalue weighted by atomic mass is 32.2. The van der Waals surface area contributed by atoms with Gasteiger partial charge in [-0.25, -0.2) is 13.4 Å². The van der Waals surface area contributed by atoms with E-state index in [4.69, 9.17) is 0 Å². The third-order valence-corrected chi connectivity index (χ3v) is 6.16. The van der Waals surface area contributed by atoms with Gasteiger partial charge >= 0.3 is 0 Å². The summed E-state index contributed by atoms with van der Waals surface area (Å²) >= 11 is 1.67. The Kier molecular flexibility index (Phi) is 4.47. The fourth-order valence-corrected chi connectivity index (χ4v) is 4.86. The lowest BCUT2D eigenvalue weighted by molar-refractivity contribution is 0.259. The van der Waals surface area contributed by atoms with Gasteiger partial charge < -0.3 is 4.90 Å². The SMILES string of the molecule is CC1CN(Cc2cnc(N(C)C)s2)CCS(=O)(=O)C1. The molecule has 1 aliphatic rings. The van der Waals surface area contributed by atoms with Crippen molar-refractivity contribution in [2.45, 2.75) is 13.5 Å². The minimum atomic E-state index is -2.86. The minimum Gasteiger partial charge on any atom is -0.354 e. The van der Waals surface area contributed by atoms with Gasteiger partial charge in [0.15, 0.2) is 15.0 Å².